The first-order valence-electron chi connectivity index (χ1n) is 9.45. The van der Waals surface area contributed by atoms with Crippen LogP contribution in [0.3, 0.4) is 0 Å². The van der Waals surface area contributed by atoms with Crippen LogP contribution in [0.1, 0.15) is 0 Å². The number of hydrogen-bond acceptors (Lipinski definition) is 6. The van der Waals surface area contributed by atoms with Crippen molar-refractivity contribution >= 4 is 50.5 Å². The summed E-state index contributed by atoms with van der Waals surface area (Å²) in [4.78, 5) is 16.8. The molecule has 156 valence electrons. The summed E-state index contributed by atoms with van der Waals surface area (Å²) >= 11 is 6.90. The number of fused-ring (bicyclic) bond motifs is 1. The highest BCUT2D eigenvalue weighted by atomic mass is 32.1. The summed E-state index contributed by atoms with van der Waals surface area (Å²) in [6.45, 7) is -0.144. The molecule has 31 heavy (non-hydrogen) atoms. The number of thiocarbonyl (C=S) groups is 1. The summed E-state index contributed by atoms with van der Waals surface area (Å²) in [7, 11) is 1.58. The van der Waals surface area contributed by atoms with Crippen molar-refractivity contribution in [1.82, 2.24) is 10.3 Å². The fraction of sp³-hybridized carbons (Fsp3) is 0.0870. The quantitative estimate of drug-likeness (QED) is 0.410. The van der Waals surface area contributed by atoms with Crippen molar-refractivity contribution in [2.45, 2.75) is 0 Å². The third-order valence-corrected chi connectivity index (χ3v) is 5.64. The van der Waals surface area contributed by atoms with Gasteiger partial charge in [0.05, 0.1) is 23.0 Å². The second-order valence-electron chi connectivity index (χ2n) is 6.51. The van der Waals surface area contributed by atoms with Gasteiger partial charge in [-0.3, -0.25) is 10.1 Å². The SMILES string of the molecule is COc1ccc(-c2nc3ccccc3s2)cc1NC(=S)NC(=O)COc1ccccc1. The maximum absolute atomic E-state index is 12.2. The van der Waals surface area contributed by atoms with Gasteiger partial charge in [-0.15, -0.1) is 11.3 Å². The van der Waals surface area contributed by atoms with Gasteiger partial charge >= 0.3 is 0 Å². The number of para-hydroxylation sites is 2. The van der Waals surface area contributed by atoms with Gasteiger partial charge in [0, 0.05) is 5.56 Å². The van der Waals surface area contributed by atoms with Gasteiger partial charge < -0.3 is 14.8 Å². The summed E-state index contributed by atoms with van der Waals surface area (Å²) in [6, 6.07) is 22.8. The van der Waals surface area contributed by atoms with E-state index in [4.69, 9.17) is 26.7 Å². The van der Waals surface area contributed by atoms with E-state index in [1.165, 1.54) is 0 Å². The minimum Gasteiger partial charge on any atom is -0.495 e. The summed E-state index contributed by atoms with van der Waals surface area (Å²) in [5.74, 6) is 0.853. The zero-order chi connectivity index (χ0) is 21.6. The molecule has 1 aromatic heterocycles. The Morgan fingerprint density at radius 2 is 1.84 bits per heavy atom. The van der Waals surface area contributed by atoms with Gasteiger partial charge in [-0.05, 0) is 54.7 Å². The molecular formula is C23H19N3O3S2. The number of amides is 1. The zero-order valence-electron chi connectivity index (χ0n) is 16.6. The van der Waals surface area contributed by atoms with Gasteiger partial charge in [0.1, 0.15) is 16.5 Å². The number of aromatic nitrogens is 1. The topological polar surface area (TPSA) is 72.5 Å². The molecule has 8 heteroatoms. The first-order valence-corrected chi connectivity index (χ1v) is 10.7. The highest BCUT2D eigenvalue weighted by Crippen LogP contribution is 2.34. The Morgan fingerprint density at radius 3 is 2.61 bits per heavy atom. The average molecular weight is 450 g/mol. The molecule has 0 saturated carbocycles. The summed E-state index contributed by atoms with van der Waals surface area (Å²) < 4.78 is 12.0. The number of nitrogens with one attached hydrogen (secondary N) is 2. The first-order chi connectivity index (χ1) is 15.1. The molecule has 0 bridgehead atoms. The maximum atomic E-state index is 12.2. The average Bonchev–Trinajstić information content (AvgIpc) is 3.22. The van der Waals surface area contributed by atoms with Crippen molar-refractivity contribution in [3.63, 3.8) is 0 Å². The number of benzene rings is 3. The fourth-order valence-corrected chi connectivity index (χ4v) is 4.10. The van der Waals surface area contributed by atoms with E-state index < -0.39 is 0 Å². The molecule has 0 aliphatic rings. The fourth-order valence-electron chi connectivity index (χ4n) is 2.92. The number of carbonyl (C=O) groups is 1. The van der Waals surface area contributed by atoms with Crippen molar-refractivity contribution in [3.05, 3.63) is 72.8 Å². The van der Waals surface area contributed by atoms with Crippen LogP contribution in [-0.2, 0) is 4.79 Å². The lowest BCUT2D eigenvalue weighted by Crippen LogP contribution is -2.37. The maximum Gasteiger partial charge on any atom is 0.264 e. The van der Waals surface area contributed by atoms with Crippen LogP contribution in [0.4, 0.5) is 5.69 Å². The summed E-state index contributed by atoms with van der Waals surface area (Å²) in [5, 5.41) is 6.69. The number of ether oxygens (including phenoxy) is 2. The van der Waals surface area contributed by atoms with Crippen LogP contribution in [0.2, 0.25) is 0 Å². The molecule has 0 aliphatic heterocycles. The second-order valence-corrected chi connectivity index (χ2v) is 7.94. The van der Waals surface area contributed by atoms with E-state index >= 15 is 0 Å². The minimum atomic E-state index is -0.359. The smallest absolute Gasteiger partial charge is 0.264 e. The Balaban J connectivity index is 1.44. The van der Waals surface area contributed by atoms with Crippen molar-refractivity contribution < 1.29 is 14.3 Å². The third kappa shape index (κ3) is 5.17. The van der Waals surface area contributed by atoms with E-state index in [1.807, 2.05) is 60.7 Å². The largest absolute Gasteiger partial charge is 0.495 e. The highest BCUT2D eigenvalue weighted by Gasteiger charge is 2.12. The number of carbonyl (C=O) groups excluding carboxylic acids is 1. The number of rotatable bonds is 6. The van der Waals surface area contributed by atoms with Crippen LogP contribution in [0, 0.1) is 0 Å². The third-order valence-electron chi connectivity index (χ3n) is 4.35. The van der Waals surface area contributed by atoms with E-state index in [1.54, 1.807) is 30.6 Å². The molecule has 0 spiro atoms. The predicted molar refractivity (Wildman–Crippen MR) is 128 cm³/mol. The molecule has 1 amide bonds. The lowest BCUT2D eigenvalue weighted by Gasteiger charge is -2.14. The van der Waals surface area contributed by atoms with Crippen molar-refractivity contribution in [2.75, 3.05) is 19.0 Å². The van der Waals surface area contributed by atoms with E-state index in [2.05, 4.69) is 10.6 Å². The summed E-state index contributed by atoms with van der Waals surface area (Å²) in [5.41, 5.74) is 2.51. The van der Waals surface area contributed by atoms with E-state index in [0.717, 1.165) is 20.8 Å². The first kappa shape index (κ1) is 20.8. The van der Waals surface area contributed by atoms with Crippen LogP contribution in [-0.4, -0.2) is 29.7 Å². The minimum absolute atomic E-state index is 0.144. The van der Waals surface area contributed by atoms with Crippen molar-refractivity contribution in [1.29, 1.82) is 0 Å². The molecule has 0 radical (unpaired) electrons. The molecule has 4 aromatic rings. The molecule has 6 nitrogen and oxygen atoms in total. The number of nitrogens with zero attached hydrogens (tertiary/aromatic N) is 1. The standard InChI is InChI=1S/C23H19N3O3S2/c1-28-19-12-11-15(22-24-17-9-5-6-10-20(17)31-22)13-18(19)25-23(30)26-21(27)14-29-16-7-3-2-4-8-16/h2-13H,14H2,1H3,(H2,25,26,27,30). The van der Waals surface area contributed by atoms with Gasteiger partial charge in [0.2, 0.25) is 0 Å². The van der Waals surface area contributed by atoms with Crippen molar-refractivity contribution in [2.24, 2.45) is 0 Å². The Bertz CT molecular complexity index is 1190. The monoisotopic (exact) mass is 449 g/mol. The van der Waals surface area contributed by atoms with Crippen LogP contribution in [0.15, 0.2) is 72.8 Å². The van der Waals surface area contributed by atoms with Crippen LogP contribution in [0.5, 0.6) is 11.5 Å². The van der Waals surface area contributed by atoms with E-state index in [9.17, 15) is 4.79 Å². The van der Waals surface area contributed by atoms with Crippen LogP contribution < -0.4 is 20.1 Å². The molecule has 3 aromatic carbocycles. The number of hydrogen-bond donors (Lipinski definition) is 2. The molecule has 0 atom stereocenters. The Morgan fingerprint density at radius 1 is 1.06 bits per heavy atom. The number of thiazole rings is 1. The highest BCUT2D eigenvalue weighted by molar-refractivity contribution is 7.80. The normalized spacial score (nSPS) is 10.5. The molecule has 2 N–H and O–H groups in total. The van der Waals surface area contributed by atoms with Crippen LogP contribution >= 0.6 is 23.6 Å². The Labute approximate surface area is 188 Å². The molecule has 0 saturated heterocycles. The molecule has 4 rings (SSSR count). The van der Waals surface area contributed by atoms with Gasteiger partial charge in [-0.1, -0.05) is 30.3 Å². The zero-order valence-corrected chi connectivity index (χ0v) is 18.3. The lowest BCUT2D eigenvalue weighted by atomic mass is 10.2. The summed E-state index contributed by atoms with van der Waals surface area (Å²) in [6.07, 6.45) is 0. The molecule has 1 heterocycles. The van der Waals surface area contributed by atoms with Gasteiger partial charge in [-0.2, -0.15) is 0 Å². The van der Waals surface area contributed by atoms with Crippen LogP contribution in [0.25, 0.3) is 20.8 Å². The lowest BCUT2D eigenvalue weighted by molar-refractivity contribution is -0.121. The van der Waals surface area contributed by atoms with Gasteiger partial charge in [0.15, 0.2) is 11.7 Å². The molecule has 0 aliphatic carbocycles. The van der Waals surface area contributed by atoms with E-state index in [0.29, 0.717) is 17.2 Å². The van der Waals surface area contributed by atoms with Gasteiger partial charge in [0.25, 0.3) is 5.91 Å². The molecular weight excluding hydrogens is 430 g/mol. The molecule has 0 unspecified atom stereocenters. The Hall–Kier alpha value is -3.49. The van der Waals surface area contributed by atoms with Crippen molar-refractivity contribution in [3.8, 4) is 22.1 Å². The predicted octanol–water partition coefficient (Wildman–Crippen LogP) is 4.86. The molecule has 0 fully saturated rings. The number of methoxy groups -OCH3 is 1. The number of anilines is 1. The Kier molecular flexibility index (Phi) is 6.40. The van der Waals surface area contributed by atoms with E-state index in [-0.39, 0.29) is 17.6 Å². The van der Waals surface area contributed by atoms with Gasteiger partial charge in [-0.25, -0.2) is 4.98 Å². The second kappa shape index (κ2) is 9.55.